The summed E-state index contributed by atoms with van der Waals surface area (Å²) >= 11 is 0.992. The van der Waals surface area contributed by atoms with Gasteiger partial charge in [-0.05, 0) is 24.8 Å². The summed E-state index contributed by atoms with van der Waals surface area (Å²) in [4.78, 5) is 24.5. The Morgan fingerprint density at radius 1 is 1.43 bits per heavy atom. The molecule has 21 heavy (non-hydrogen) atoms. The Balaban J connectivity index is 3.01. The van der Waals surface area contributed by atoms with E-state index in [4.69, 9.17) is 0 Å². The second kappa shape index (κ2) is 7.01. The summed E-state index contributed by atoms with van der Waals surface area (Å²) in [6.45, 7) is 3.48. The Morgan fingerprint density at radius 3 is 2.57 bits per heavy atom. The monoisotopic (exact) mass is 334 g/mol. The molecule has 0 saturated heterocycles. The van der Waals surface area contributed by atoms with Gasteiger partial charge in [-0.1, -0.05) is 0 Å². The van der Waals surface area contributed by atoms with Crippen LogP contribution >= 0.6 is 11.3 Å². The molecule has 9 heteroatoms. The number of amides is 1. The number of carbonyl (C=O) groups excluding carboxylic acids is 2. The van der Waals surface area contributed by atoms with Gasteiger partial charge in [0.15, 0.2) is 0 Å². The molecule has 0 spiro atoms. The third-order valence-electron chi connectivity index (χ3n) is 2.87. The minimum atomic E-state index is -3.96. The Labute approximate surface area is 127 Å². The number of hydrogen-bond acceptors (Lipinski definition) is 6. The van der Waals surface area contributed by atoms with Crippen molar-refractivity contribution in [3.05, 3.63) is 15.8 Å². The fourth-order valence-electron chi connectivity index (χ4n) is 1.54. The second-order valence-electron chi connectivity index (χ2n) is 4.30. The van der Waals surface area contributed by atoms with Crippen molar-refractivity contribution in [1.29, 1.82) is 0 Å². The highest BCUT2D eigenvalue weighted by Gasteiger charge is 2.28. The van der Waals surface area contributed by atoms with E-state index in [9.17, 15) is 18.0 Å². The number of aryl methyl sites for hydroxylation is 1. The van der Waals surface area contributed by atoms with Crippen LogP contribution in [-0.2, 0) is 19.6 Å². The van der Waals surface area contributed by atoms with Crippen molar-refractivity contribution in [1.82, 2.24) is 9.62 Å². The van der Waals surface area contributed by atoms with Gasteiger partial charge in [0.25, 0.3) is 0 Å². The van der Waals surface area contributed by atoms with Gasteiger partial charge in [-0.25, -0.2) is 17.9 Å². The third kappa shape index (κ3) is 4.02. The van der Waals surface area contributed by atoms with Crippen LogP contribution in [0, 0.1) is 6.92 Å². The molecule has 0 aliphatic heterocycles. The molecule has 1 N–H and O–H groups in total. The maximum absolute atomic E-state index is 12.3. The fourth-order valence-corrected chi connectivity index (χ4v) is 4.22. The number of rotatable bonds is 6. The first-order chi connectivity index (χ1) is 9.74. The van der Waals surface area contributed by atoms with E-state index in [1.807, 2.05) is 0 Å². The average molecular weight is 334 g/mol. The molecule has 1 aromatic rings. The smallest absolute Gasteiger partial charge is 0.349 e. The molecule has 1 aromatic heterocycles. The zero-order valence-electron chi connectivity index (χ0n) is 12.3. The third-order valence-corrected chi connectivity index (χ3v) is 5.67. The van der Waals surface area contributed by atoms with Gasteiger partial charge in [0, 0.05) is 13.6 Å². The Morgan fingerprint density at radius 2 is 2.05 bits per heavy atom. The van der Waals surface area contributed by atoms with Crippen LogP contribution in [0.2, 0.25) is 0 Å². The maximum atomic E-state index is 12.3. The van der Waals surface area contributed by atoms with E-state index < -0.39 is 16.0 Å². The summed E-state index contributed by atoms with van der Waals surface area (Å²) in [5, 5.41) is 1.56. The first-order valence-electron chi connectivity index (χ1n) is 6.14. The molecule has 0 aliphatic rings. The molecular formula is C12H18N2O5S2. The number of nitrogens with one attached hydrogen (secondary N) is 1. The number of thiophene rings is 1. The molecular weight excluding hydrogens is 316 g/mol. The van der Waals surface area contributed by atoms with Crippen molar-refractivity contribution in [3.8, 4) is 0 Å². The lowest BCUT2D eigenvalue weighted by atomic mass is 10.3. The number of carbonyl (C=O) groups is 2. The van der Waals surface area contributed by atoms with Crippen molar-refractivity contribution in [2.24, 2.45) is 0 Å². The summed E-state index contributed by atoms with van der Waals surface area (Å²) in [6, 6.07) is 0. The SMILES string of the molecule is CCN(C)C(=O)CNS(=O)(=O)c1c(C)csc1C(=O)OC. The van der Waals surface area contributed by atoms with Gasteiger partial charge in [-0.3, -0.25) is 4.79 Å². The zero-order chi connectivity index (χ0) is 16.2. The number of esters is 1. The molecule has 0 saturated carbocycles. The van der Waals surface area contributed by atoms with Crippen molar-refractivity contribution in [3.63, 3.8) is 0 Å². The molecule has 0 unspecified atom stereocenters. The normalized spacial score (nSPS) is 11.2. The van der Waals surface area contributed by atoms with Crippen molar-refractivity contribution >= 4 is 33.2 Å². The van der Waals surface area contributed by atoms with Gasteiger partial charge in [0.1, 0.15) is 9.77 Å². The van der Waals surface area contributed by atoms with Gasteiger partial charge in [-0.15, -0.1) is 11.3 Å². The molecule has 7 nitrogen and oxygen atoms in total. The first-order valence-corrected chi connectivity index (χ1v) is 8.50. The van der Waals surface area contributed by atoms with E-state index in [0.29, 0.717) is 12.1 Å². The van der Waals surface area contributed by atoms with Gasteiger partial charge in [0.2, 0.25) is 15.9 Å². The predicted octanol–water partition coefficient (Wildman–Crippen LogP) is 0.600. The van der Waals surface area contributed by atoms with Crippen LogP contribution in [0.25, 0.3) is 0 Å². The Kier molecular flexibility index (Phi) is 5.87. The number of ether oxygens (including phenoxy) is 1. The number of likely N-dealkylation sites (N-methyl/N-ethyl adjacent to an activating group) is 1. The van der Waals surface area contributed by atoms with Crippen LogP contribution in [0.1, 0.15) is 22.2 Å². The largest absolute Gasteiger partial charge is 0.465 e. The molecule has 0 radical (unpaired) electrons. The highest BCUT2D eigenvalue weighted by molar-refractivity contribution is 7.89. The standard InChI is InChI=1S/C12H18N2O5S2/c1-5-14(3)9(15)6-13-21(17,18)11-8(2)7-20-10(11)12(16)19-4/h7,13H,5-6H2,1-4H3. The minimum Gasteiger partial charge on any atom is -0.465 e. The highest BCUT2D eigenvalue weighted by atomic mass is 32.2. The molecule has 0 atom stereocenters. The van der Waals surface area contributed by atoms with Crippen LogP contribution in [0.5, 0.6) is 0 Å². The highest BCUT2D eigenvalue weighted by Crippen LogP contribution is 2.27. The van der Waals surface area contributed by atoms with Crippen LogP contribution in [0.15, 0.2) is 10.3 Å². The topological polar surface area (TPSA) is 92.8 Å². The molecule has 0 aromatic carbocycles. The lowest BCUT2D eigenvalue weighted by Crippen LogP contribution is -2.38. The fraction of sp³-hybridized carbons (Fsp3) is 0.500. The summed E-state index contributed by atoms with van der Waals surface area (Å²) in [5.41, 5.74) is 0.434. The van der Waals surface area contributed by atoms with Crippen molar-refractivity contribution in [2.75, 3.05) is 27.2 Å². The van der Waals surface area contributed by atoms with Crippen molar-refractivity contribution in [2.45, 2.75) is 18.7 Å². The second-order valence-corrected chi connectivity index (χ2v) is 6.88. The summed E-state index contributed by atoms with van der Waals surface area (Å²) in [5.74, 6) is -1.07. The molecule has 0 bridgehead atoms. The lowest BCUT2D eigenvalue weighted by Gasteiger charge is -2.15. The van der Waals surface area contributed by atoms with Crippen molar-refractivity contribution < 1.29 is 22.7 Å². The van der Waals surface area contributed by atoms with Crippen LogP contribution in [0.3, 0.4) is 0 Å². The van der Waals surface area contributed by atoms with E-state index >= 15 is 0 Å². The van der Waals surface area contributed by atoms with Gasteiger partial charge in [0.05, 0.1) is 13.7 Å². The van der Waals surface area contributed by atoms with Crippen LogP contribution in [-0.4, -0.2) is 52.4 Å². The number of hydrogen-bond donors (Lipinski definition) is 1. The number of nitrogens with zero attached hydrogens (tertiary/aromatic N) is 1. The van der Waals surface area contributed by atoms with E-state index in [1.54, 1.807) is 26.3 Å². The predicted molar refractivity (Wildman–Crippen MR) is 78.9 cm³/mol. The maximum Gasteiger partial charge on any atom is 0.349 e. The van der Waals surface area contributed by atoms with Crippen LogP contribution in [0.4, 0.5) is 0 Å². The molecule has 1 heterocycles. The van der Waals surface area contributed by atoms with E-state index in [1.165, 1.54) is 12.0 Å². The Hall–Kier alpha value is -1.45. The molecule has 1 rings (SSSR count). The molecule has 1 amide bonds. The minimum absolute atomic E-state index is 0.00112. The zero-order valence-corrected chi connectivity index (χ0v) is 13.9. The molecule has 118 valence electrons. The molecule has 0 fully saturated rings. The number of sulfonamides is 1. The van der Waals surface area contributed by atoms with E-state index in [-0.39, 0.29) is 22.2 Å². The van der Waals surface area contributed by atoms with Gasteiger partial charge < -0.3 is 9.64 Å². The lowest BCUT2D eigenvalue weighted by molar-refractivity contribution is -0.128. The quantitative estimate of drug-likeness (QED) is 0.769. The summed E-state index contributed by atoms with van der Waals surface area (Å²) in [6.07, 6.45) is 0. The Bertz CT molecular complexity index is 636. The first kappa shape index (κ1) is 17.6. The number of methoxy groups -OCH3 is 1. The van der Waals surface area contributed by atoms with E-state index in [0.717, 1.165) is 11.3 Å². The summed E-state index contributed by atoms with van der Waals surface area (Å²) < 4.78 is 31.4. The van der Waals surface area contributed by atoms with Gasteiger partial charge in [-0.2, -0.15) is 0 Å². The molecule has 0 aliphatic carbocycles. The van der Waals surface area contributed by atoms with Gasteiger partial charge >= 0.3 is 5.97 Å². The van der Waals surface area contributed by atoms with E-state index in [2.05, 4.69) is 9.46 Å². The van der Waals surface area contributed by atoms with Crippen LogP contribution < -0.4 is 4.72 Å². The average Bonchev–Trinajstić information content (AvgIpc) is 2.85. The summed E-state index contributed by atoms with van der Waals surface area (Å²) in [7, 11) is -1.20.